The zero-order valence-electron chi connectivity index (χ0n) is 8.09. The summed E-state index contributed by atoms with van der Waals surface area (Å²) in [7, 11) is 0. The quantitative estimate of drug-likeness (QED) is 0.446. The second kappa shape index (κ2) is 4.64. The van der Waals surface area contributed by atoms with Gasteiger partial charge in [0.15, 0.2) is 0 Å². The Morgan fingerprint density at radius 1 is 1.75 bits per heavy atom. The van der Waals surface area contributed by atoms with E-state index in [9.17, 15) is 23.7 Å². The molecule has 1 rings (SSSR count). The van der Waals surface area contributed by atoms with Crippen LogP contribution in [0.5, 0.6) is 0 Å². The van der Waals surface area contributed by atoms with Gasteiger partial charge in [0.25, 0.3) is 0 Å². The van der Waals surface area contributed by atoms with Gasteiger partial charge >= 0.3 is 18.2 Å². The van der Waals surface area contributed by atoms with E-state index in [2.05, 4.69) is 9.84 Å². The van der Waals surface area contributed by atoms with Crippen LogP contribution in [0.3, 0.4) is 0 Å². The molecule has 0 saturated carbocycles. The highest BCUT2D eigenvalue weighted by atomic mass is 19.3. The molecular formula is C7H7F2N3O4. The largest absolute Gasteiger partial charge is 0.461 e. The molecule has 88 valence electrons. The lowest BCUT2D eigenvalue weighted by molar-refractivity contribution is -0.385. The number of halogens is 2. The van der Waals surface area contributed by atoms with E-state index in [4.69, 9.17) is 0 Å². The van der Waals surface area contributed by atoms with Crippen LogP contribution < -0.4 is 0 Å². The first kappa shape index (κ1) is 12.0. The monoisotopic (exact) mass is 235 g/mol. The lowest BCUT2D eigenvalue weighted by atomic mass is 10.4. The van der Waals surface area contributed by atoms with Crippen molar-refractivity contribution >= 4 is 11.7 Å². The molecule has 7 nitrogen and oxygen atoms in total. The second-order valence-corrected chi connectivity index (χ2v) is 2.60. The first-order valence-corrected chi connectivity index (χ1v) is 4.16. The Bertz CT molecular complexity index is 418. The van der Waals surface area contributed by atoms with E-state index in [0.29, 0.717) is 6.20 Å². The number of carbonyl (C=O) groups is 1. The Hall–Kier alpha value is -2.06. The summed E-state index contributed by atoms with van der Waals surface area (Å²) in [5.74, 6) is -1.10. The molecule has 1 heterocycles. The standard InChI is InChI=1S/C7H7F2N3O4/c1-2-16-6(13)5-4(12(14)15)3-11(10-5)7(8)9/h3,7H,2H2,1H3. The van der Waals surface area contributed by atoms with E-state index in [1.807, 2.05) is 0 Å². The van der Waals surface area contributed by atoms with Crippen molar-refractivity contribution in [3.63, 3.8) is 0 Å². The molecule has 0 fully saturated rings. The van der Waals surface area contributed by atoms with Gasteiger partial charge in [-0.15, -0.1) is 0 Å². The Kier molecular flexibility index (Phi) is 3.48. The average molecular weight is 235 g/mol. The number of ether oxygens (including phenoxy) is 1. The van der Waals surface area contributed by atoms with Crippen molar-refractivity contribution in [3.8, 4) is 0 Å². The molecule has 9 heteroatoms. The van der Waals surface area contributed by atoms with Crippen LogP contribution in [0.15, 0.2) is 6.20 Å². The van der Waals surface area contributed by atoms with Crippen molar-refractivity contribution in [1.29, 1.82) is 0 Å². The Morgan fingerprint density at radius 2 is 2.38 bits per heavy atom. The third-order valence-corrected chi connectivity index (χ3v) is 1.58. The van der Waals surface area contributed by atoms with Crippen molar-refractivity contribution in [1.82, 2.24) is 9.78 Å². The SMILES string of the molecule is CCOC(=O)c1nn(C(F)F)cc1[N+](=O)[O-]. The van der Waals surface area contributed by atoms with Gasteiger partial charge in [0.1, 0.15) is 6.20 Å². The van der Waals surface area contributed by atoms with Gasteiger partial charge < -0.3 is 4.74 Å². The summed E-state index contributed by atoms with van der Waals surface area (Å²) in [5.41, 5.74) is -1.54. The summed E-state index contributed by atoms with van der Waals surface area (Å²) in [4.78, 5) is 20.7. The van der Waals surface area contributed by atoms with Crippen LogP contribution in [0.2, 0.25) is 0 Å². The fourth-order valence-electron chi connectivity index (χ4n) is 0.960. The van der Waals surface area contributed by atoms with Crippen molar-refractivity contribution in [2.24, 2.45) is 0 Å². The van der Waals surface area contributed by atoms with E-state index in [1.165, 1.54) is 6.92 Å². The van der Waals surface area contributed by atoms with Gasteiger partial charge in [-0.1, -0.05) is 0 Å². The number of nitro groups is 1. The fraction of sp³-hybridized carbons (Fsp3) is 0.429. The van der Waals surface area contributed by atoms with Crippen LogP contribution in [0.1, 0.15) is 24.0 Å². The lowest BCUT2D eigenvalue weighted by Crippen LogP contribution is -2.09. The number of aromatic nitrogens is 2. The van der Waals surface area contributed by atoms with E-state index in [1.54, 1.807) is 0 Å². The van der Waals surface area contributed by atoms with Crippen molar-refractivity contribution < 1.29 is 23.2 Å². The van der Waals surface area contributed by atoms with Crippen molar-refractivity contribution in [2.75, 3.05) is 6.61 Å². The van der Waals surface area contributed by atoms with E-state index in [-0.39, 0.29) is 11.3 Å². The molecule has 0 atom stereocenters. The summed E-state index contributed by atoms with van der Waals surface area (Å²) in [5, 5.41) is 13.6. The van der Waals surface area contributed by atoms with E-state index < -0.39 is 28.8 Å². The normalized spacial score (nSPS) is 10.5. The molecular weight excluding hydrogens is 228 g/mol. The summed E-state index contributed by atoms with van der Waals surface area (Å²) in [6.45, 7) is -1.60. The van der Waals surface area contributed by atoms with Gasteiger partial charge in [-0.25, -0.2) is 9.48 Å². The van der Waals surface area contributed by atoms with Crippen LogP contribution in [0, 0.1) is 10.1 Å². The average Bonchev–Trinajstić information content (AvgIpc) is 2.62. The second-order valence-electron chi connectivity index (χ2n) is 2.60. The molecule has 0 aliphatic rings. The van der Waals surface area contributed by atoms with Crippen molar-refractivity contribution in [3.05, 3.63) is 22.0 Å². The van der Waals surface area contributed by atoms with Gasteiger partial charge in [-0.05, 0) is 6.92 Å². The number of nitrogens with zero attached hydrogens (tertiary/aromatic N) is 3. The number of carbonyl (C=O) groups excluding carboxylic acids is 1. The zero-order valence-corrected chi connectivity index (χ0v) is 8.09. The molecule has 0 saturated heterocycles. The highest BCUT2D eigenvalue weighted by Gasteiger charge is 2.28. The van der Waals surface area contributed by atoms with Crippen LogP contribution in [-0.4, -0.2) is 27.3 Å². The summed E-state index contributed by atoms with van der Waals surface area (Å²) in [6.07, 6.45) is 0.483. The molecule has 0 unspecified atom stereocenters. The smallest absolute Gasteiger partial charge is 0.366 e. The lowest BCUT2D eigenvalue weighted by Gasteiger charge is -1.97. The molecule has 16 heavy (non-hydrogen) atoms. The molecule has 0 bridgehead atoms. The van der Waals surface area contributed by atoms with Gasteiger partial charge in [0, 0.05) is 0 Å². The Labute approximate surface area is 87.8 Å². The van der Waals surface area contributed by atoms with Crippen LogP contribution in [-0.2, 0) is 4.74 Å². The maximum atomic E-state index is 12.2. The zero-order chi connectivity index (χ0) is 12.3. The minimum absolute atomic E-state index is 0.0302. The number of alkyl halides is 2. The third kappa shape index (κ3) is 2.30. The first-order chi connectivity index (χ1) is 7.47. The molecule has 0 aliphatic carbocycles. The van der Waals surface area contributed by atoms with E-state index >= 15 is 0 Å². The maximum absolute atomic E-state index is 12.2. The van der Waals surface area contributed by atoms with Gasteiger partial charge in [-0.3, -0.25) is 10.1 Å². The molecule has 0 radical (unpaired) electrons. The van der Waals surface area contributed by atoms with Gasteiger partial charge in [0.2, 0.25) is 5.69 Å². The van der Waals surface area contributed by atoms with E-state index in [0.717, 1.165) is 0 Å². The molecule has 0 N–H and O–H groups in total. The van der Waals surface area contributed by atoms with Crippen LogP contribution in [0.4, 0.5) is 14.5 Å². The molecule has 0 spiro atoms. The number of hydrogen-bond acceptors (Lipinski definition) is 5. The number of hydrogen-bond donors (Lipinski definition) is 0. The van der Waals surface area contributed by atoms with Gasteiger partial charge in [0.05, 0.1) is 11.5 Å². The van der Waals surface area contributed by atoms with Gasteiger partial charge in [-0.2, -0.15) is 13.9 Å². The minimum Gasteiger partial charge on any atom is -0.461 e. The van der Waals surface area contributed by atoms with Crippen LogP contribution in [0.25, 0.3) is 0 Å². The molecule has 0 aromatic carbocycles. The minimum atomic E-state index is -3.05. The maximum Gasteiger partial charge on any atom is 0.366 e. The molecule has 1 aromatic heterocycles. The predicted molar refractivity (Wildman–Crippen MR) is 46.1 cm³/mol. The highest BCUT2D eigenvalue weighted by molar-refractivity contribution is 5.91. The van der Waals surface area contributed by atoms with Crippen LogP contribution >= 0.6 is 0 Å². The predicted octanol–water partition coefficient (Wildman–Crippen LogP) is 1.36. The Morgan fingerprint density at radius 3 is 2.81 bits per heavy atom. The summed E-state index contributed by atoms with van der Waals surface area (Å²) < 4.78 is 28.9. The number of rotatable bonds is 4. The topological polar surface area (TPSA) is 87.3 Å². The molecule has 1 aromatic rings. The number of esters is 1. The summed E-state index contributed by atoms with van der Waals surface area (Å²) in [6, 6.07) is 0. The third-order valence-electron chi connectivity index (χ3n) is 1.58. The van der Waals surface area contributed by atoms with Crippen molar-refractivity contribution in [2.45, 2.75) is 13.5 Å². The Balaban J connectivity index is 3.15. The first-order valence-electron chi connectivity index (χ1n) is 4.16. The highest BCUT2D eigenvalue weighted by Crippen LogP contribution is 2.21. The summed E-state index contributed by atoms with van der Waals surface area (Å²) >= 11 is 0. The molecule has 0 amide bonds. The molecule has 0 aliphatic heterocycles. The fourth-order valence-corrected chi connectivity index (χ4v) is 0.960.